The van der Waals surface area contributed by atoms with Crippen molar-refractivity contribution in [3.05, 3.63) is 24.3 Å². The number of carbonyl (C=O) groups is 2. The molecule has 170 valence electrons. The quantitative estimate of drug-likeness (QED) is 0.698. The molecular weight excluding hydrogens is 442 g/mol. The van der Waals surface area contributed by atoms with Gasteiger partial charge in [-0.1, -0.05) is 11.8 Å². The maximum Gasteiger partial charge on any atom is 0.408 e. The van der Waals surface area contributed by atoms with E-state index in [9.17, 15) is 18.0 Å². The first-order chi connectivity index (χ1) is 14.5. The van der Waals surface area contributed by atoms with Gasteiger partial charge in [0, 0.05) is 10.9 Å². The van der Waals surface area contributed by atoms with Gasteiger partial charge in [0.1, 0.15) is 17.9 Å². The van der Waals surface area contributed by atoms with Crippen LogP contribution in [0.15, 0.2) is 29.3 Å². The number of anilines is 1. The van der Waals surface area contributed by atoms with E-state index in [2.05, 4.69) is 10.3 Å². The third-order valence-corrected chi connectivity index (χ3v) is 7.71. The zero-order chi connectivity index (χ0) is 22.8. The molecule has 2 atom stereocenters. The Labute approximate surface area is 186 Å². The number of thioether (sulfide) groups is 1. The molecule has 0 saturated carbocycles. The normalized spacial score (nSPS) is 23.5. The monoisotopic (exact) mass is 469 g/mol. The van der Waals surface area contributed by atoms with E-state index < -0.39 is 27.4 Å². The van der Waals surface area contributed by atoms with Gasteiger partial charge in [-0.15, -0.1) is 0 Å². The standard InChI is InChI=1S/C20H27N3O6S2/c1-5-28-14-8-6-13(7-9-14)23-15-11-31(26,27)12-16(15)30-18(23)22-17(24)10-21-19(25)29-20(2,3)4/h6-9,15-16H,5,10-12H2,1-4H3,(H,21,25)/t15-,16-/m0/s1. The maximum atomic E-state index is 12.4. The minimum atomic E-state index is -3.15. The Kier molecular flexibility index (Phi) is 6.85. The van der Waals surface area contributed by atoms with Crippen LogP contribution in [-0.2, 0) is 19.4 Å². The van der Waals surface area contributed by atoms with Crippen molar-refractivity contribution in [1.82, 2.24) is 5.32 Å². The lowest BCUT2D eigenvalue weighted by atomic mass is 10.2. The van der Waals surface area contributed by atoms with Crippen LogP contribution in [0.2, 0.25) is 0 Å². The lowest BCUT2D eigenvalue weighted by molar-refractivity contribution is -0.117. The fraction of sp³-hybridized carbons (Fsp3) is 0.550. The van der Waals surface area contributed by atoms with Crippen LogP contribution in [0.1, 0.15) is 27.7 Å². The van der Waals surface area contributed by atoms with Crippen molar-refractivity contribution in [3.63, 3.8) is 0 Å². The first-order valence-corrected chi connectivity index (χ1v) is 12.6. The van der Waals surface area contributed by atoms with Gasteiger partial charge in [-0.2, -0.15) is 4.99 Å². The largest absolute Gasteiger partial charge is 0.494 e. The molecule has 0 aliphatic carbocycles. The summed E-state index contributed by atoms with van der Waals surface area (Å²) in [5.41, 5.74) is 0.0560. The van der Waals surface area contributed by atoms with Crippen molar-refractivity contribution in [2.24, 2.45) is 4.99 Å². The predicted molar refractivity (Wildman–Crippen MR) is 121 cm³/mol. The van der Waals surface area contributed by atoms with E-state index in [1.54, 1.807) is 37.8 Å². The molecule has 0 bridgehead atoms. The van der Waals surface area contributed by atoms with Gasteiger partial charge in [-0.3, -0.25) is 4.79 Å². The van der Waals surface area contributed by atoms with Gasteiger partial charge in [0.2, 0.25) is 0 Å². The number of alkyl carbamates (subject to hydrolysis) is 1. The number of nitrogens with one attached hydrogen (secondary N) is 1. The third-order valence-electron chi connectivity index (χ3n) is 4.50. The van der Waals surface area contributed by atoms with Gasteiger partial charge in [0.25, 0.3) is 5.91 Å². The molecule has 1 N–H and O–H groups in total. The number of rotatable bonds is 5. The second kappa shape index (κ2) is 9.07. The summed E-state index contributed by atoms with van der Waals surface area (Å²) >= 11 is 1.27. The molecule has 0 unspecified atom stereocenters. The highest BCUT2D eigenvalue weighted by Gasteiger charge is 2.49. The number of amidine groups is 1. The minimum Gasteiger partial charge on any atom is -0.494 e. The van der Waals surface area contributed by atoms with Crippen LogP contribution in [0.3, 0.4) is 0 Å². The second-order valence-electron chi connectivity index (χ2n) is 8.24. The highest BCUT2D eigenvalue weighted by molar-refractivity contribution is 8.16. The SMILES string of the molecule is CCOc1ccc(N2C(=NC(=O)CNC(=O)OC(C)(C)C)S[C@H]3CS(=O)(=O)C[C@@H]32)cc1. The Balaban J connectivity index is 1.77. The summed E-state index contributed by atoms with van der Waals surface area (Å²) < 4.78 is 34.9. The van der Waals surface area contributed by atoms with Crippen molar-refractivity contribution in [3.8, 4) is 5.75 Å². The van der Waals surface area contributed by atoms with Gasteiger partial charge in [0.05, 0.1) is 24.2 Å². The van der Waals surface area contributed by atoms with Crippen LogP contribution >= 0.6 is 11.8 Å². The summed E-state index contributed by atoms with van der Waals surface area (Å²) in [4.78, 5) is 30.1. The van der Waals surface area contributed by atoms with Gasteiger partial charge in [0.15, 0.2) is 15.0 Å². The number of sulfone groups is 1. The molecule has 0 spiro atoms. The van der Waals surface area contributed by atoms with Crippen molar-refractivity contribution >= 4 is 44.5 Å². The van der Waals surface area contributed by atoms with Gasteiger partial charge >= 0.3 is 6.09 Å². The molecule has 2 amide bonds. The Morgan fingerprint density at radius 2 is 1.90 bits per heavy atom. The van der Waals surface area contributed by atoms with Crippen molar-refractivity contribution in [2.45, 2.75) is 44.6 Å². The molecule has 1 aromatic rings. The molecule has 11 heteroatoms. The van der Waals surface area contributed by atoms with Gasteiger partial charge in [-0.25, -0.2) is 13.2 Å². The lowest BCUT2D eigenvalue weighted by Crippen LogP contribution is -2.38. The number of aliphatic imine (C=N–C) groups is 1. The number of hydrogen-bond donors (Lipinski definition) is 1. The van der Waals surface area contributed by atoms with E-state index in [1.807, 2.05) is 19.1 Å². The molecule has 0 aromatic heterocycles. The molecule has 2 fully saturated rings. The highest BCUT2D eigenvalue weighted by atomic mass is 32.2. The van der Waals surface area contributed by atoms with Crippen molar-refractivity contribution in [2.75, 3.05) is 29.6 Å². The van der Waals surface area contributed by atoms with E-state index in [4.69, 9.17) is 9.47 Å². The predicted octanol–water partition coefficient (Wildman–Crippen LogP) is 2.21. The van der Waals surface area contributed by atoms with E-state index in [0.717, 1.165) is 5.69 Å². The summed E-state index contributed by atoms with van der Waals surface area (Å²) in [6, 6.07) is 6.92. The number of hydrogen-bond acceptors (Lipinski definition) is 7. The highest BCUT2D eigenvalue weighted by Crippen LogP contribution is 2.41. The molecule has 2 aliphatic heterocycles. The topological polar surface area (TPSA) is 114 Å². The number of fused-ring (bicyclic) bond motifs is 1. The fourth-order valence-electron chi connectivity index (χ4n) is 3.34. The molecule has 2 heterocycles. The molecule has 9 nitrogen and oxygen atoms in total. The van der Waals surface area contributed by atoms with E-state index in [-0.39, 0.29) is 29.3 Å². The van der Waals surface area contributed by atoms with Crippen LogP contribution in [0, 0.1) is 0 Å². The Bertz CT molecular complexity index is 970. The minimum absolute atomic E-state index is 0.00124. The molecule has 31 heavy (non-hydrogen) atoms. The number of benzene rings is 1. The lowest BCUT2D eigenvalue weighted by Gasteiger charge is -2.24. The summed E-state index contributed by atoms with van der Waals surface area (Å²) in [6.45, 7) is 7.29. The average molecular weight is 470 g/mol. The van der Waals surface area contributed by atoms with Crippen LogP contribution in [0.25, 0.3) is 0 Å². The maximum absolute atomic E-state index is 12.4. The summed E-state index contributed by atoms with van der Waals surface area (Å²) in [7, 11) is -3.15. The van der Waals surface area contributed by atoms with Crippen LogP contribution in [0.4, 0.5) is 10.5 Å². The molecular formula is C20H27N3O6S2. The summed E-state index contributed by atoms with van der Waals surface area (Å²) in [6.07, 6.45) is -0.702. The molecule has 2 aliphatic rings. The van der Waals surface area contributed by atoms with Crippen LogP contribution in [-0.4, -0.2) is 67.1 Å². The first-order valence-electron chi connectivity index (χ1n) is 9.95. The van der Waals surface area contributed by atoms with Gasteiger partial charge < -0.3 is 19.7 Å². The second-order valence-corrected chi connectivity index (χ2v) is 11.6. The van der Waals surface area contributed by atoms with E-state index >= 15 is 0 Å². The first kappa shape index (κ1) is 23.4. The summed E-state index contributed by atoms with van der Waals surface area (Å²) in [5.74, 6) is 0.192. The molecule has 2 saturated heterocycles. The van der Waals surface area contributed by atoms with Gasteiger partial charge in [-0.05, 0) is 52.0 Å². The molecule has 1 aromatic carbocycles. The van der Waals surface area contributed by atoms with Crippen LogP contribution < -0.4 is 15.0 Å². The number of nitrogens with zero attached hydrogens (tertiary/aromatic N) is 2. The zero-order valence-corrected chi connectivity index (χ0v) is 19.6. The fourth-order valence-corrected chi connectivity index (χ4v) is 7.28. The Morgan fingerprint density at radius 3 is 2.52 bits per heavy atom. The third kappa shape index (κ3) is 6.13. The number of carbonyl (C=O) groups excluding carboxylic acids is 2. The van der Waals surface area contributed by atoms with Crippen molar-refractivity contribution < 1.29 is 27.5 Å². The Morgan fingerprint density at radius 1 is 1.23 bits per heavy atom. The summed E-state index contributed by atoms with van der Waals surface area (Å²) in [5, 5.41) is 2.61. The van der Waals surface area contributed by atoms with Crippen molar-refractivity contribution in [1.29, 1.82) is 0 Å². The smallest absolute Gasteiger partial charge is 0.408 e. The Hall–Kier alpha value is -2.27. The number of amides is 2. The molecule has 0 radical (unpaired) electrons. The average Bonchev–Trinajstić information content (AvgIpc) is 3.10. The van der Waals surface area contributed by atoms with E-state index in [1.165, 1.54) is 11.8 Å². The molecule has 3 rings (SSSR count). The number of ether oxygens (including phenoxy) is 2. The van der Waals surface area contributed by atoms with Crippen LogP contribution in [0.5, 0.6) is 5.75 Å². The van der Waals surface area contributed by atoms with E-state index in [0.29, 0.717) is 17.5 Å². The zero-order valence-electron chi connectivity index (χ0n) is 18.0.